The number of carbonyl (C=O) groups excluding carboxylic acids is 2. The van der Waals surface area contributed by atoms with Crippen molar-refractivity contribution in [3.05, 3.63) is 89.5 Å². The zero-order valence-electron chi connectivity index (χ0n) is 17.5. The molecule has 158 valence electrons. The Morgan fingerprint density at radius 1 is 0.742 bits per heavy atom. The summed E-state index contributed by atoms with van der Waals surface area (Å²) in [6, 6.07) is 21.0. The van der Waals surface area contributed by atoms with Crippen LogP contribution in [0, 0.1) is 0 Å². The van der Waals surface area contributed by atoms with E-state index >= 15 is 0 Å². The number of benzene rings is 3. The minimum Gasteiger partial charge on any atom is -0.493 e. The first kappa shape index (κ1) is 21.6. The van der Waals surface area contributed by atoms with Crippen LogP contribution in [0.25, 0.3) is 0 Å². The molecule has 0 bridgehead atoms. The van der Waals surface area contributed by atoms with E-state index in [1.807, 2.05) is 18.2 Å². The van der Waals surface area contributed by atoms with Gasteiger partial charge in [-0.3, -0.25) is 9.59 Å². The molecule has 2 amide bonds. The van der Waals surface area contributed by atoms with Crippen LogP contribution in [-0.2, 0) is 0 Å². The van der Waals surface area contributed by atoms with Crippen LogP contribution >= 0.6 is 0 Å². The quantitative estimate of drug-likeness (QED) is 0.447. The van der Waals surface area contributed by atoms with Crippen LogP contribution in [0.15, 0.2) is 77.9 Å². The average Bonchev–Trinajstić information content (AvgIpc) is 2.82. The number of carbonyl (C=O) groups is 2. The molecule has 0 spiro atoms. The van der Waals surface area contributed by atoms with E-state index in [0.29, 0.717) is 34.0 Å². The van der Waals surface area contributed by atoms with E-state index in [1.165, 1.54) is 14.2 Å². The Bertz CT molecular complexity index is 1090. The van der Waals surface area contributed by atoms with Crippen LogP contribution in [0.5, 0.6) is 11.5 Å². The van der Waals surface area contributed by atoms with Crippen LogP contribution in [-0.4, -0.2) is 31.7 Å². The van der Waals surface area contributed by atoms with Crippen molar-refractivity contribution in [1.29, 1.82) is 0 Å². The van der Waals surface area contributed by atoms with E-state index in [0.717, 1.165) is 5.56 Å². The van der Waals surface area contributed by atoms with Crippen molar-refractivity contribution in [2.45, 2.75) is 6.92 Å². The maximum atomic E-state index is 12.5. The van der Waals surface area contributed by atoms with Gasteiger partial charge in [0.1, 0.15) is 0 Å². The zero-order chi connectivity index (χ0) is 22.2. The average molecular weight is 417 g/mol. The summed E-state index contributed by atoms with van der Waals surface area (Å²) in [4.78, 5) is 24.6. The Hall–Kier alpha value is -4.13. The number of hydrazone groups is 1. The Balaban J connectivity index is 1.64. The maximum absolute atomic E-state index is 12.5. The number of methoxy groups -OCH3 is 2. The molecule has 0 saturated carbocycles. The van der Waals surface area contributed by atoms with Crippen molar-refractivity contribution < 1.29 is 19.1 Å². The van der Waals surface area contributed by atoms with Gasteiger partial charge in [0, 0.05) is 16.8 Å². The summed E-state index contributed by atoms with van der Waals surface area (Å²) in [7, 11) is 3.06. The normalized spacial score (nSPS) is 10.9. The monoisotopic (exact) mass is 417 g/mol. The van der Waals surface area contributed by atoms with Crippen molar-refractivity contribution in [2.75, 3.05) is 19.5 Å². The van der Waals surface area contributed by atoms with Crippen molar-refractivity contribution >= 4 is 23.2 Å². The molecule has 0 fully saturated rings. The molecule has 3 rings (SSSR count). The number of nitrogens with one attached hydrogen (secondary N) is 2. The lowest BCUT2D eigenvalue weighted by atomic mass is 10.1. The fourth-order valence-corrected chi connectivity index (χ4v) is 2.83. The Labute approximate surface area is 180 Å². The molecule has 0 atom stereocenters. The SMILES string of the molecule is COc1ccc(C(=O)Nc2ccc(/C(C)=N/NC(=O)c3ccccc3)cc2)cc1OC. The molecule has 2 N–H and O–H groups in total. The van der Waals surface area contributed by atoms with Gasteiger partial charge in [-0.15, -0.1) is 0 Å². The molecular weight excluding hydrogens is 394 g/mol. The second kappa shape index (κ2) is 10.1. The van der Waals surface area contributed by atoms with Crippen molar-refractivity contribution in [2.24, 2.45) is 5.10 Å². The molecule has 0 radical (unpaired) electrons. The molecule has 0 aromatic heterocycles. The van der Waals surface area contributed by atoms with E-state index < -0.39 is 0 Å². The molecule has 0 heterocycles. The highest BCUT2D eigenvalue weighted by Crippen LogP contribution is 2.27. The highest BCUT2D eigenvalue weighted by molar-refractivity contribution is 6.05. The summed E-state index contributed by atoms with van der Waals surface area (Å²) in [5.74, 6) is 0.486. The predicted octanol–water partition coefficient (Wildman–Crippen LogP) is 4.11. The minimum atomic E-state index is -0.279. The molecule has 0 aliphatic rings. The fraction of sp³-hybridized carbons (Fsp3) is 0.125. The smallest absolute Gasteiger partial charge is 0.271 e. The standard InChI is InChI=1S/C24H23N3O4/c1-16(26-27-24(29)18-7-5-4-6-8-18)17-9-12-20(13-10-17)25-23(28)19-11-14-21(30-2)22(15-19)31-3/h4-15H,1-3H3,(H,25,28)(H,27,29)/b26-16+. The number of nitrogens with zero attached hydrogens (tertiary/aromatic N) is 1. The Kier molecular flexibility index (Phi) is 7.01. The van der Waals surface area contributed by atoms with Gasteiger partial charge in [-0.2, -0.15) is 5.10 Å². The van der Waals surface area contributed by atoms with Crippen molar-refractivity contribution in [3.63, 3.8) is 0 Å². The molecular formula is C24H23N3O4. The third-order valence-corrected chi connectivity index (χ3v) is 4.57. The number of hydrogen-bond donors (Lipinski definition) is 2. The molecule has 0 aliphatic heterocycles. The highest BCUT2D eigenvalue weighted by Gasteiger charge is 2.11. The third kappa shape index (κ3) is 5.48. The molecule has 0 saturated heterocycles. The molecule has 3 aromatic rings. The number of anilines is 1. The first-order chi connectivity index (χ1) is 15.0. The zero-order valence-corrected chi connectivity index (χ0v) is 17.5. The van der Waals surface area contributed by atoms with Gasteiger partial charge in [0.2, 0.25) is 0 Å². The Morgan fingerprint density at radius 3 is 2.03 bits per heavy atom. The second-order valence-corrected chi connectivity index (χ2v) is 6.61. The Morgan fingerprint density at radius 2 is 1.39 bits per heavy atom. The number of rotatable bonds is 7. The molecule has 7 heteroatoms. The first-order valence-electron chi connectivity index (χ1n) is 9.55. The minimum absolute atomic E-state index is 0.269. The van der Waals surface area contributed by atoms with E-state index in [-0.39, 0.29) is 11.8 Å². The third-order valence-electron chi connectivity index (χ3n) is 4.57. The van der Waals surface area contributed by atoms with Gasteiger partial charge in [-0.05, 0) is 55.0 Å². The van der Waals surface area contributed by atoms with Gasteiger partial charge in [-0.1, -0.05) is 30.3 Å². The summed E-state index contributed by atoms with van der Waals surface area (Å²) < 4.78 is 10.4. The van der Waals surface area contributed by atoms with Crippen LogP contribution in [0.2, 0.25) is 0 Å². The van der Waals surface area contributed by atoms with Crippen LogP contribution < -0.4 is 20.2 Å². The van der Waals surface area contributed by atoms with E-state index in [1.54, 1.807) is 61.5 Å². The summed E-state index contributed by atoms with van der Waals surface area (Å²) in [6.45, 7) is 1.79. The highest BCUT2D eigenvalue weighted by atomic mass is 16.5. The summed E-state index contributed by atoms with van der Waals surface area (Å²) >= 11 is 0. The summed E-state index contributed by atoms with van der Waals surface area (Å²) in [5.41, 5.74) is 5.61. The van der Waals surface area contributed by atoms with Crippen LogP contribution in [0.1, 0.15) is 33.2 Å². The first-order valence-corrected chi connectivity index (χ1v) is 9.55. The topological polar surface area (TPSA) is 89.0 Å². The van der Waals surface area contributed by atoms with Gasteiger partial charge >= 0.3 is 0 Å². The number of hydrogen-bond acceptors (Lipinski definition) is 5. The van der Waals surface area contributed by atoms with Gasteiger partial charge in [0.15, 0.2) is 11.5 Å². The molecule has 3 aromatic carbocycles. The molecule has 0 aliphatic carbocycles. The molecule has 31 heavy (non-hydrogen) atoms. The maximum Gasteiger partial charge on any atom is 0.271 e. The largest absolute Gasteiger partial charge is 0.493 e. The fourth-order valence-electron chi connectivity index (χ4n) is 2.83. The lowest BCUT2D eigenvalue weighted by Crippen LogP contribution is -2.19. The predicted molar refractivity (Wildman–Crippen MR) is 120 cm³/mol. The van der Waals surface area contributed by atoms with Gasteiger partial charge < -0.3 is 14.8 Å². The lowest BCUT2D eigenvalue weighted by molar-refractivity contribution is 0.0954. The van der Waals surface area contributed by atoms with Crippen LogP contribution in [0.4, 0.5) is 5.69 Å². The van der Waals surface area contributed by atoms with E-state index in [9.17, 15) is 9.59 Å². The summed E-state index contributed by atoms with van der Waals surface area (Å²) in [5, 5.41) is 6.99. The summed E-state index contributed by atoms with van der Waals surface area (Å²) in [6.07, 6.45) is 0. The molecule has 7 nitrogen and oxygen atoms in total. The van der Waals surface area contributed by atoms with Crippen molar-refractivity contribution in [3.8, 4) is 11.5 Å². The number of amides is 2. The van der Waals surface area contributed by atoms with Gasteiger partial charge in [0.05, 0.1) is 19.9 Å². The lowest BCUT2D eigenvalue weighted by Gasteiger charge is -2.10. The van der Waals surface area contributed by atoms with Gasteiger partial charge in [0.25, 0.3) is 11.8 Å². The second-order valence-electron chi connectivity index (χ2n) is 6.61. The van der Waals surface area contributed by atoms with Crippen molar-refractivity contribution in [1.82, 2.24) is 5.43 Å². The number of ether oxygens (including phenoxy) is 2. The molecule has 0 unspecified atom stereocenters. The van der Waals surface area contributed by atoms with E-state index in [2.05, 4.69) is 15.8 Å². The van der Waals surface area contributed by atoms with Crippen LogP contribution in [0.3, 0.4) is 0 Å². The van der Waals surface area contributed by atoms with Gasteiger partial charge in [-0.25, -0.2) is 5.43 Å². The van der Waals surface area contributed by atoms with E-state index in [4.69, 9.17) is 9.47 Å².